The quantitative estimate of drug-likeness (QED) is 0.808. The normalized spacial score (nSPS) is 16.1. The van der Waals surface area contributed by atoms with Gasteiger partial charge in [-0.2, -0.15) is 0 Å². The lowest BCUT2D eigenvalue weighted by Crippen LogP contribution is -2.52. The van der Waals surface area contributed by atoms with Crippen LogP contribution in [0.25, 0.3) is 0 Å². The van der Waals surface area contributed by atoms with Gasteiger partial charge in [0.1, 0.15) is 5.75 Å². The summed E-state index contributed by atoms with van der Waals surface area (Å²) < 4.78 is 5.46. The van der Waals surface area contributed by atoms with Crippen LogP contribution in [0.4, 0.5) is 11.4 Å². The molecule has 1 heterocycles. The van der Waals surface area contributed by atoms with Gasteiger partial charge in [0.2, 0.25) is 5.91 Å². The summed E-state index contributed by atoms with van der Waals surface area (Å²) in [6.45, 7) is 5.17. The standard InChI is InChI=1S/C20H23Cl2N3O2/c1-14(20(26)23-17-12-15(21)11-16(22)13-17)24-7-9-25(10-8-24)18-5-3-4-6-19(18)27-2/h3-6,11-14H,7-10H2,1-2H3,(H,23,26)/t14-/m0/s1. The van der Waals surface area contributed by atoms with E-state index < -0.39 is 0 Å². The minimum absolute atomic E-state index is 0.0703. The van der Waals surface area contributed by atoms with Gasteiger partial charge in [-0.15, -0.1) is 0 Å². The van der Waals surface area contributed by atoms with Crippen molar-refractivity contribution in [2.24, 2.45) is 0 Å². The highest BCUT2D eigenvalue weighted by atomic mass is 35.5. The SMILES string of the molecule is COc1ccccc1N1CCN([C@@H](C)C(=O)Nc2cc(Cl)cc(Cl)c2)CC1. The Morgan fingerprint density at radius 2 is 1.70 bits per heavy atom. The summed E-state index contributed by atoms with van der Waals surface area (Å²) in [5, 5.41) is 3.89. The smallest absolute Gasteiger partial charge is 0.241 e. The maximum absolute atomic E-state index is 12.6. The second-order valence-corrected chi connectivity index (χ2v) is 7.39. The number of rotatable bonds is 5. The number of hydrogen-bond acceptors (Lipinski definition) is 4. The van der Waals surface area contributed by atoms with Crippen molar-refractivity contribution >= 4 is 40.5 Å². The molecule has 0 unspecified atom stereocenters. The van der Waals surface area contributed by atoms with Crippen molar-refractivity contribution < 1.29 is 9.53 Å². The Bertz CT molecular complexity index is 787. The van der Waals surface area contributed by atoms with Gasteiger partial charge < -0.3 is 15.0 Å². The first-order valence-corrected chi connectivity index (χ1v) is 9.62. The molecule has 0 aliphatic carbocycles. The second kappa shape index (κ2) is 8.83. The highest BCUT2D eigenvalue weighted by Gasteiger charge is 2.26. The van der Waals surface area contributed by atoms with Crippen LogP contribution in [0, 0.1) is 0 Å². The predicted molar refractivity (Wildman–Crippen MR) is 111 cm³/mol. The van der Waals surface area contributed by atoms with Crippen LogP contribution < -0.4 is 15.0 Å². The van der Waals surface area contributed by atoms with Gasteiger partial charge in [0.15, 0.2) is 0 Å². The third-order valence-electron chi connectivity index (χ3n) is 4.80. The summed E-state index contributed by atoms with van der Waals surface area (Å²) in [5.41, 5.74) is 1.70. The molecule has 1 saturated heterocycles. The first kappa shape index (κ1) is 19.8. The van der Waals surface area contributed by atoms with E-state index in [1.165, 1.54) is 0 Å². The molecule has 27 heavy (non-hydrogen) atoms. The van der Waals surface area contributed by atoms with Crippen molar-refractivity contribution in [1.82, 2.24) is 4.90 Å². The fraction of sp³-hybridized carbons (Fsp3) is 0.350. The third-order valence-corrected chi connectivity index (χ3v) is 5.23. The molecule has 0 aromatic heterocycles. The molecule has 3 rings (SSSR count). The molecule has 0 saturated carbocycles. The zero-order valence-corrected chi connectivity index (χ0v) is 16.9. The van der Waals surface area contributed by atoms with Gasteiger partial charge in [-0.05, 0) is 37.3 Å². The molecule has 0 spiro atoms. The number of anilines is 2. The lowest BCUT2D eigenvalue weighted by atomic mass is 10.2. The average Bonchev–Trinajstić information content (AvgIpc) is 2.66. The largest absolute Gasteiger partial charge is 0.495 e. The van der Waals surface area contributed by atoms with Crippen molar-refractivity contribution in [3.63, 3.8) is 0 Å². The number of hydrogen-bond donors (Lipinski definition) is 1. The Morgan fingerprint density at radius 1 is 1.07 bits per heavy atom. The summed E-state index contributed by atoms with van der Waals surface area (Å²) in [4.78, 5) is 17.1. The Balaban J connectivity index is 1.59. The van der Waals surface area contributed by atoms with Gasteiger partial charge in [0, 0.05) is 41.9 Å². The number of benzene rings is 2. The lowest BCUT2D eigenvalue weighted by Gasteiger charge is -2.38. The van der Waals surface area contributed by atoms with E-state index in [1.807, 2.05) is 25.1 Å². The Kier molecular flexibility index (Phi) is 6.47. The van der Waals surface area contributed by atoms with E-state index in [0.29, 0.717) is 15.7 Å². The number of piperazine rings is 1. The Labute approximate surface area is 169 Å². The van der Waals surface area contributed by atoms with Crippen LogP contribution >= 0.6 is 23.2 Å². The van der Waals surface area contributed by atoms with E-state index in [1.54, 1.807) is 25.3 Å². The zero-order valence-electron chi connectivity index (χ0n) is 15.4. The number of halogens is 2. The van der Waals surface area contributed by atoms with Crippen molar-refractivity contribution in [3.8, 4) is 5.75 Å². The van der Waals surface area contributed by atoms with Gasteiger partial charge in [-0.25, -0.2) is 0 Å². The molecule has 5 nitrogen and oxygen atoms in total. The molecule has 1 N–H and O–H groups in total. The molecule has 2 aromatic carbocycles. The lowest BCUT2D eigenvalue weighted by molar-refractivity contribution is -0.120. The Hall–Kier alpha value is -1.95. The molecule has 1 aliphatic rings. The van der Waals surface area contributed by atoms with Gasteiger partial charge >= 0.3 is 0 Å². The highest BCUT2D eigenvalue weighted by Crippen LogP contribution is 2.28. The molecule has 1 atom stereocenters. The first-order valence-electron chi connectivity index (χ1n) is 8.87. The van der Waals surface area contributed by atoms with Crippen LogP contribution in [0.2, 0.25) is 10.0 Å². The van der Waals surface area contributed by atoms with Gasteiger partial charge in [-0.1, -0.05) is 35.3 Å². The van der Waals surface area contributed by atoms with Crippen molar-refractivity contribution in [3.05, 3.63) is 52.5 Å². The number of para-hydroxylation sites is 2. The number of carbonyl (C=O) groups is 1. The number of ether oxygens (including phenoxy) is 1. The van der Waals surface area contributed by atoms with E-state index in [0.717, 1.165) is 37.6 Å². The van der Waals surface area contributed by atoms with Gasteiger partial charge in [0.25, 0.3) is 0 Å². The molecule has 7 heteroatoms. The average molecular weight is 408 g/mol. The topological polar surface area (TPSA) is 44.8 Å². The number of nitrogens with one attached hydrogen (secondary N) is 1. The maximum atomic E-state index is 12.6. The molecule has 1 fully saturated rings. The number of nitrogens with zero attached hydrogens (tertiary/aromatic N) is 2. The second-order valence-electron chi connectivity index (χ2n) is 6.52. The number of amides is 1. The fourth-order valence-electron chi connectivity index (χ4n) is 3.28. The molecular formula is C20H23Cl2N3O2. The van der Waals surface area contributed by atoms with Crippen LogP contribution in [0.5, 0.6) is 5.75 Å². The van der Waals surface area contributed by atoms with Crippen LogP contribution in [0.3, 0.4) is 0 Å². The van der Waals surface area contributed by atoms with Crippen LogP contribution in [0.15, 0.2) is 42.5 Å². The Morgan fingerprint density at radius 3 is 2.33 bits per heavy atom. The summed E-state index contributed by atoms with van der Waals surface area (Å²) in [7, 11) is 1.68. The minimum Gasteiger partial charge on any atom is -0.495 e. The molecule has 2 aromatic rings. The van der Waals surface area contributed by atoms with Crippen LogP contribution in [0.1, 0.15) is 6.92 Å². The summed E-state index contributed by atoms with van der Waals surface area (Å²) in [6, 6.07) is 12.8. The van der Waals surface area contributed by atoms with E-state index in [4.69, 9.17) is 27.9 Å². The fourth-order valence-corrected chi connectivity index (χ4v) is 3.81. The third kappa shape index (κ3) is 4.86. The van der Waals surface area contributed by atoms with Gasteiger partial charge in [0.05, 0.1) is 18.8 Å². The molecule has 1 aliphatic heterocycles. The first-order chi connectivity index (χ1) is 13.0. The molecule has 0 radical (unpaired) electrons. The van der Waals surface area contributed by atoms with Crippen molar-refractivity contribution in [2.45, 2.75) is 13.0 Å². The summed E-state index contributed by atoms with van der Waals surface area (Å²) >= 11 is 12.0. The van der Waals surface area contributed by atoms with Crippen molar-refractivity contribution in [1.29, 1.82) is 0 Å². The molecular weight excluding hydrogens is 385 g/mol. The van der Waals surface area contributed by atoms with E-state index in [9.17, 15) is 4.79 Å². The van der Waals surface area contributed by atoms with Crippen molar-refractivity contribution in [2.75, 3.05) is 43.5 Å². The van der Waals surface area contributed by atoms with Crippen LogP contribution in [-0.4, -0.2) is 50.1 Å². The molecule has 1 amide bonds. The van der Waals surface area contributed by atoms with Crippen LogP contribution in [-0.2, 0) is 4.79 Å². The molecule has 0 bridgehead atoms. The van der Waals surface area contributed by atoms with Gasteiger partial charge in [-0.3, -0.25) is 9.69 Å². The highest BCUT2D eigenvalue weighted by molar-refractivity contribution is 6.35. The van der Waals surface area contributed by atoms with E-state index in [-0.39, 0.29) is 11.9 Å². The number of methoxy groups -OCH3 is 1. The zero-order chi connectivity index (χ0) is 19.4. The molecule has 144 valence electrons. The van der Waals surface area contributed by atoms with E-state index in [2.05, 4.69) is 21.2 Å². The summed E-state index contributed by atoms with van der Waals surface area (Å²) in [5.74, 6) is 0.800. The monoisotopic (exact) mass is 407 g/mol. The summed E-state index contributed by atoms with van der Waals surface area (Å²) in [6.07, 6.45) is 0. The minimum atomic E-state index is -0.248. The maximum Gasteiger partial charge on any atom is 0.241 e. The predicted octanol–water partition coefficient (Wildman–Crippen LogP) is 4.15. The van der Waals surface area contributed by atoms with E-state index >= 15 is 0 Å². The number of carbonyl (C=O) groups excluding carboxylic acids is 1.